The third kappa shape index (κ3) is 4.72. The number of hydrogen-bond donors (Lipinski definition) is 1. The van der Waals surface area contributed by atoms with Crippen LogP contribution in [0.2, 0.25) is 0 Å². The molecule has 1 amide bonds. The van der Waals surface area contributed by atoms with Gasteiger partial charge < -0.3 is 14.8 Å². The van der Waals surface area contributed by atoms with Gasteiger partial charge in [0.1, 0.15) is 23.8 Å². The van der Waals surface area contributed by atoms with Crippen molar-refractivity contribution < 1.29 is 19.2 Å². The topological polar surface area (TPSA) is 90.7 Å². The fourth-order valence-electron chi connectivity index (χ4n) is 2.83. The second-order valence-electron chi connectivity index (χ2n) is 6.42. The summed E-state index contributed by atoms with van der Waals surface area (Å²) in [7, 11) is 1.42. The van der Waals surface area contributed by atoms with Crippen molar-refractivity contribution in [2.75, 3.05) is 12.4 Å². The van der Waals surface area contributed by atoms with Gasteiger partial charge in [-0.3, -0.25) is 14.9 Å². The summed E-state index contributed by atoms with van der Waals surface area (Å²) in [5.74, 6) is 0.761. The number of ether oxygens (including phenoxy) is 2. The number of thiophene rings is 1. The van der Waals surface area contributed by atoms with Crippen molar-refractivity contribution in [2.24, 2.45) is 0 Å². The van der Waals surface area contributed by atoms with Gasteiger partial charge in [-0.1, -0.05) is 18.2 Å². The van der Waals surface area contributed by atoms with Crippen LogP contribution in [-0.4, -0.2) is 17.9 Å². The largest absolute Gasteiger partial charge is 0.496 e. The van der Waals surface area contributed by atoms with E-state index < -0.39 is 10.8 Å². The molecule has 1 heterocycles. The van der Waals surface area contributed by atoms with Gasteiger partial charge in [0.2, 0.25) is 0 Å². The SMILES string of the molecule is COc1ccc(NC(=O)c2cc(COc3c(C)cccc3C)cs2)c([N+](=O)[O-])c1. The number of methoxy groups -OCH3 is 1. The van der Waals surface area contributed by atoms with E-state index in [4.69, 9.17) is 9.47 Å². The van der Waals surface area contributed by atoms with Crippen LogP contribution in [0.5, 0.6) is 11.5 Å². The first-order chi connectivity index (χ1) is 13.9. The molecule has 0 saturated carbocycles. The minimum atomic E-state index is -0.559. The van der Waals surface area contributed by atoms with Crippen LogP contribution in [0.25, 0.3) is 0 Å². The second kappa shape index (κ2) is 8.74. The van der Waals surface area contributed by atoms with E-state index in [2.05, 4.69) is 5.32 Å². The molecule has 2 aromatic carbocycles. The van der Waals surface area contributed by atoms with E-state index in [1.807, 2.05) is 37.4 Å². The van der Waals surface area contributed by atoms with Crippen LogP contribution in [0.15, 0.2) is 47.8 Å². The van der Waals surface area contributed by atoms with Crippen molar-refractivity contribution in [1.82, 2.24) is 0 Å². The zero-order valence-corrected chi connectivity index (χ0v) is 17.0. The Kier molecular flexibility index (Phi) is 6.13. The van der Waals surface area contributed by atoms with Crippen LogP contribution < -0.4 is 14.8 Å². The molecule has 0 atom stereocenters. The van der Waals surface area contributed by atoms with Gasteiger partial charge in [-0.2, -0.15) is 0 Å². The molecule has 0 bridgehead atoms. The molecular weight excluding hydrogens is 392 g/mol. The Morgan fingerprint density at radius 3 is 2.55 bits per heavy atom. The number of amides is 1. The summed E-state index contributed by atoms with van der Waals surface area (Å²) in [5, 5.41) is 15.7. The Hall–Kier alpha value is -3.39. The summed E-state index contributed by atoms with van der Waals surface area (Å²) < 4.78 is 10.9. The quantitative estimate of drug-likeness (QED) is 0.430. The summed E-state index contributed by atoms with van der Waals surface area (Å²) in [6, 6.07) is 11.9. The molecule has 0 aliphatic carbocycles. The lowest BCUT2D eigenvalue weighted by Gasteiger charge is -2.11. The maximum atomic E-state index is 12.5. The molecule has 7 nitrogen and oxygen atoms in total. The first-order valence-electron chi connectivity index (χ1n) is 8.79. The van der Waals surface area contributed by atoms with Crippen LogP contribution in [0, 0.1) is 24.0 Å². The fraction of sp³-hybridized carbons (Fsp3) is 0.190. The summed E-state index contributed by atoms with van der Waals surface area (Å²) >= 11 is 1.26. The lowest BCUT2D eigenvalue weighted by atomic mass is 10.1. The highest BCUT2D eigenvalue weighted by Gasteiger charge is 2.19. The van der Waals surface area contributed by atoms with E-state index in [1.165, 1.54) is 30.6 Å². The van der Waals surface area contributed by atoms with Crippen molar-refractivity contribution in [3.63, 3.8) is 0 Å². The zero-order chi connectivity index (χ0) is 21.0. The van der Waals surface area contributed by atoms with Crippen LogP contribution >= 0.6 is 11.3 Å². The number of nitro groups is 1. The van der Waals surface area contributed by atoms with Crippen molar-refractivity contribution in [2.45, 2.75) is 20.5 Å². The number of nitrogens with zero attached hydrogens (tertiary/aromatic N) is 1. The molecule has 0 radical (unpaired) electrons. The van der Waals surface area contributed by atoms with Gasteiger partial charge in [-0.25, -0.2) is 0 Å². The lowest BCUT2D eigenvalue weighted by molar-refractivity contribution is -0.384. The Bertz CT molecular complexity index is 1040. The molecule has 0 unspecified atom stereocenters. The van der Waals surface area contributed by atoms with E-state index in [9.17, 15) is 14.9 Å². The standard InChI is InChI=1S/C21H20N2O5S/c1-13-5-4-6-14(2)20(13)28-11-15-9-19(29-12-15)21(24)22-17-8-7-16(27-3)10-18(17)23(25)26/h4-10,12H,11H2,1-3H3,(H,22,24). The molecule has 150 valence electrons. The van der Waals surface area contributed by atoms with Gasteiger partial charge in [0.15, 0.2) is 0 Å². The van der Waals surface area contributed by atoms with Gasteiger partial charge in [-0.15, -0.1) is 11.3 Å². The molecular formula is C21H20N2O5S. The summed E-state index contributed by atoms with van der Waals surface area (Å²) in [5.41, 5.74) is 2.83. The van der Waals surface area contributed by atoms with Crippen molar-refractivity contribution >= 4 is 28.6 Å². The molecule has 0 aliphatic heterocycles. The predicted molar refractivity (Wildman–Crippen MR) is 112 cm³/mol. The van der Waals surface area contributed by atoms with Crippen LogP contribution in [0.3, 0.4) is 0 Å². The molecule has 0 saturated heterocycles. The first kappa shape index (κ1) is 20.3. The average molecular weight is 412 g/mol. The Labute approximate surface area is 172 Å². The maximum Gasteiger partial charge on any atom is 0.296 e. The average Bonchev–Trinajstić information content (AvgIpc) is 3.17. The zero-order valence-electron chi connectivity index (χ0n) is 16.2. The number of anilines is 1. The normalized spacial score (nSPS) is 10.4. The lowest BCUT2D eigenvalue weighted by Crippen LogP contribution is -2.11. The van der Waals surface area contributed by atoms with Gasteiger partial charge in [0, 0.05) is 5.56 Å². The number of hydrogen-bond acceptors (Lipinski definition) is 6. The maximum absolute atomic E-state index is 12.5. The highest BCUT2D eigenvalue weighted by Crippen LogP contribution is 2.30. The van der Waals surface area contributed by atoms with E-state index in [-0.39, 0.29) is 11.4 Å². The third-order valence-corrected chi connectivity index (χ3v) is 5.30. The van der Waals surface area contributed by atoms with Gasteiger partial charge in [0.25, 0.3) is 11.6 Å². The molecule has 29 heavy (non-hydrogen) atoms. The van der Waals surface area contributed by atoms with E-state index in [0.29, 0.717) is 17.2 Å². The Morgan fingerprint density at radius 2 is 1.90 bits per heavy atom. The number of nitrogens with one attached hydrogen (secondary N) is 1. The molecule has 0 aliphatic rings. The molecule has 1 N–H and O–H groups in total. The highest BCUT2D eigenvalue weighted by molar-refractivity contribution is 7.12. The summed E-state index contributed by atoms with van der Waals surface area (Å²) in [6.45, 7) is 4.30. The molecule has 8 heteroatoms. The highest BCUT2D eigenvalue weighted by atomic mass is 32.1. The van der Waals surface area contributed by atoms with Gasteiger partial charge >= 0.3 is 0 Å². The van der Waals surface area contributed by atoms with E-state index in [0.717, 1.165) is 22.4 Å². The van der Waals surface area contributed by atoms with E-state index in [1.54, 1.807) is 12.1 Å². The molecule has 0 fully saturated rings. The molecule has 0 spiro atoms. The number of carbonyl (C=O) groups is 1. The predicted octanol–water partition coefficient (Wildman–Crippen LogP) is 5.11. The smallest absolute Gasteiger partial charge is 0.296 e. The number of carbonyl (C=O) groups excluding carboxylic acids is 1. The van der Waals surface area contributed by atoms with E-state index >= 15 is 0 Å². The molecule has 3 aromatic rings. The van der Waals surface area contributed by atoms with Crippen LogP contribution in [0.1, 0.15) is 26.4 Å². The van der Waals surface area contributed by atoms with Crippen molar-refractivity contribution in [3.8, 4) is 11.5 Å². The molecule has 1 aromatic heterocycles. The number of rotatable bonds is 7. The van der Waals surface area contributed by atoms with Crippen LogP contribution in [-0.2, 0) is 6.61 Å². The van der Waals surface area contributed by atoms with Crippen molar-refractivity contribution in [3.05, 3.63) is 79.5 Å². The number of nitro benzene ring substituents is 1. The minimum Gasteiger partial charge on any atom is -0.496 e. The Balaban J connectivity index is 1.71. The second-order valence-corrected chi connectivity index (χ2v) is 7.33. The van der Waals surface area contributed by atoms with Crippen LogP contribution in [0.4, 0.5) is 11.4 Å². The summed E-state index contributed by atoms with van der Waals surface area (Å²) in [4.78, 5) is 23.7. The minimum absolute atomic E-state index is 0.113. The van der Waals surface area contributed by atoms with Gasteiger partial charge in [0.05, 0.1) is 23.0 Å². The van der Waals surface area contributed by atoms with Gasteiger partial charge in [-0.05, 0) is 48.6 Å². The first-order valence-corrected chi connectivity index (χ1v) is 9.67. The third-order valence-electron chi connectivity index (χ3n) is 4.32. The summed E-state index contributed by atoms with van der Waals surface area (Å²) in [6.07, 6.45) is 0. The number of para-hydroxylation sites is 1. The van der Waals surface area contributed by atoms with Crippen molar-refractivity contribution in [1.29, 1.82) is 0 Å². The number of aryl methyl sites for hydroxylation is 2. The number of benzene rings is 2. The monoisotopic (exact) mass is 412 g/mol. The fourth-order valence-corrected chi connectivity index (χ4v) is 3.62. The Morgan fingerprint density at radius 1 is 1.17 bits per heavy atom. The molecule has 3 rings (SSSR count).